The van der Waals surface area contributed by atoms with Gasteiger partial charge in [-0.3, -0.25) is 9.78 Å². The van der Waals surface area contributed by atoms with E-state index in [9.17, 15) is 13.2 Å². The van der Waals surface area contributed by atoms with E-state index in [2.05, 4.69) is 4.98 Å². The Morgan fingerprint density at radius 3 is 2.41 bits per heavy atom. The van der Waals surface area contributed by atoms with E-state index >= 15 is 8.78 Å². The van der Waals surface area contributed by atoms with Gasteiger partial charge in [-0.2, -0.15) is 4.31 Å². The van der Waals surface area contributed by atoms with Gasteiger partial charge in [0, 0.05) is 42.5 Å². The van der Waals surface area contributed by atoms with Crippen LogP contribution in [0.5, 0.6) is 0 Å². The molecule has 0 aliphatic carbocycles. The van der Waals surface area contributed by atoms with Crippen LogP contribution in [0.15, 0.2) is 65.8 Å². The Bertz CT molecular complexity index is 1410. The van der Waals surface area contributed by atoms with Gasteiger partial charge in [-0.05, 0) is 55.9 Å². The molecule has 0 unspecified atom stereocenters. The molecule has 2 aromatic carbocycles. The molecule has 1 fully saturated rings. The van der Waals surface area contributed by atoms with Crippen molar-refractivity contribution in [2.75, 3.05) is 0 Å². The first-order valence-electron chi connectivity index (χ1n) is 12.7. The standard InChI is InChI=1S/C28H33F2N3O3S/c1-4-28(5-2,19-32-14-13-31-17-27(32)34)23-16-24(29)22(15-25(23)30)18-33-20(3)11-12-26(37(33,35)36)21-9-7-6-8-10-21/h6-10,13-17,20,26H,4-5,11-12,18-19H2,1-3H3/t20-,26+/m0/s1. The molecule has 1 saturated heterocycles. The van der Waals surface area contributed by atoms with E-state index < -0.39 is 32.3 Å². The number of hydrogen-bond donors (Lipinski definition) is 0. The minimum absolute atomic E-state index is 0.00688. The van der Waals surface area contributed by atoms with Crippen molar-refractivity contribution in [3.8, 4) is 0 Å². The topological polar surface area (TPSA) is 72.3 Å². The average molecular weight is 530 g/mol. The summed E-state index contributed by atoms with van der Waals surface area (Å²) in [6.07, 6.45) is 6.27. The SMILES string of the molecule is CCC(CC)(Cn1ccncc1=O)c1cc(F)c(CN2[C@@H](C)CC[C@H](c3ccccc3)S2(=O)=O)cc1F. The number of aromatic nitrogens is 2. The van der Waals surface area contributed by atoms with Gasteiger partial charge >= 0.3 is 0 Å². The molecule has 6 nitrogen and oxygen atoms in total. The Labute approximate surface area is 217 Å². The average Bonchev–Trinajstić information content (AvgIpc) is 2.88. The molecule has 0 bridgehead atoms. The van der Waals surface area contributed by atoms with Crippen LogP contribution in [-0.2, 0) is 28.5 Å². The lowest BCUT2D eigenvalue weighted by Crippen LogP contribution is -2.45. The molecule has 198 valence electrons. The summed E-state index contributed by atoms with van der Waals surface area (Å²) < 4.78 is 61.0. The molecule has 1 aliphatic heterocycles. The molecular weight excluding hydrogens is 496 g/mol. The van der Waals surface area contributed by atoms with Gasteiger partial charge in [0.15, 0.2) is 0 Å². The summed E-state index contributed by atoms with van der Waals surface area (Å²) in [7, 11) is -3.79. The molecule has 0 N–H and O–H groups in total. The zero-order valence-electron chi connectivity index (χ0n) is 21.4. The van der Waals surface area contributed by atoms with Crippen LogP contribution in [0.25, 0.3) is 0 Å². The molecule has 4 rings (SSSR count). The van der Waals surface area contributed by atoms with E-state index in [0.29, 0.717) is 31.2 Å². The first kappa shape index (κ1) is 27.1. The monoisotopic (exact) mass is 529 g/mol. The van der Waals surface area contributed by atoms with Gasteiger partial charge in [0.05, 0.1) is 6.20 Å². The minimum atomic E-state index is -3.79. The Morgan fingerprint density at radius 1 is 1.05 bits per heavy atom. The van der Waals surface area contributed by atoms with Crippen LogP contribution in [-0.4, -0.2) is 28.3 Å². The second-order valence-electron chi connectivity index (χ2n) is 9.87. The first-order chi connectivity index (χ1) is 17.6. The number of sulfonamides is 1. The van der Waals surface area contributed by atoms with Crippen molar-refractivity contribution in [2.24, 2.45) is 0 Å². The van der Waals surface area contributed by atoms with Gasteiger partial charge in [-0.25, -0.2) is 17.2 Å². The van der Waals surface area contributed by atoms with Gasteiger partial charge in [0.25, 0.3) is 5.56 Å². The molecular formula is C28H33F2N3O3S. The van der Waals surface area contributed by atoms with Gasteiger partial charge in [-0.15, -0.1) is 0 Å². The van der Waals surface area contributed by atoms with Crippen molar-refractivity contribution in [1.82, 2.24) is 13.9 Å². The van der Waals surface area contributed by atoms with Crippen molar-refractivity contribution in [1.29, 1.82) is 0 Å². The Morgan fingerprint density at radius 2 is 1.76 bits per heavy atom. The van der Waals surface area contributed by atoms with Crippen LogP contribution in [0, 0.1) is 11.6 Å². The van der Waals surface area contributed by atoms with Crippen LogP contribution >= 0.6 is 0 Å². The first-order valence-corrected chi connectivity index (χ1v) is 14.2. The molecule has 3 aromatic rings. The van der Waals surface area contributed by atoms with Crippen molar-refractivity contribution < 1.29 is 17.2 Å². The third-order valence-electron chi connectivity index (χ3n) is 7.86. The van der Waals surface area contributed by atoms with E-state index in [-0.39, 0.29) is 35.8 Å². The highest BCUT2D eigenvalue weighted by molar-refractivity contribution is 7.89. The summed E-state index contributed by atoms with van der Waals surface area (Å²) in [6.45, 7) is 5.49. The summed E-state index contributed by atoms with van der Waals surface area (Å²) in [5.41, 5.74) is -0.268. The molecule has 1 aromatic heterocycles. The van der Waals surface area contributed by atoms with Gasteiger partial charge < -0.3 is 4.57 Å². The predicted octanol–water partition coefficient (Wildman–Crippen LogP) is 5.33. The van der Waals surface area contributed by atoms with Crippen molar-refractivity contribution in [3.05, 3.63) is 99.7 Å². The maximum Gasteiger partial charge on any atom is 0.269 e. The van der Waals surface area contributed by atoms with Crippen LogP contribution in [0.4, 0.5) is 8.78 Å². The highest BCUT2D eigenvalue weighted by Gasteiger charge is 2.41. The van der Waals surface area contributed by atoms with E-state index in [1.165, 1.54) is 33.5 Å². The molecule has 0 amide bonds. The fourth-order valence-corrected chi connectivity index (χ4v) is 7.59. The van der Waals surface area contributed by atoms with Crippen LogP contribution < -0.4 is 5.56 Å². The fraction of sp³-hybridized carbons (Fsp3) is 0.429. The zero-order chi connectivity index (χ0) is 26.8. The van der Waals surface area contributed by atoms with Crippen LogP contribution in [0.1, 0.15) is 68.4 Å². The third-order valence-corrected chi connectivity index (χ3v) is 10.2. The van der Waals surface area contributed by atoms with Crippen LogP contribution in [0.2, 0.25) is 0 Å². The van der Waals surface area contributed by atoms with Crippen molar-refractivity contribution in [3.63, 3.8) is 0 Å². The highest BCUT2D eigenvalue weighted by Crippen LogP contribution is 2.40. The van der Waals surface area contributed by atoms with E-state index in [1.54, 1.807) is 31.2 Å². The lowest BCUT2D eigenvalue weighted by molar-refractivity contribution is 0.277. The summed E-state index contributed by atoms with van der Waals surface area (Å²) in [6, 6.07) is 11.0. The quantitative estimate of drug-likeness (QED) is 0.395. The fourth-order valence-electron chi connectivity index (χ4n) is 5.41. The van der Waals surface area contributed by atoms with Crippen molar-refractivity contribution in [2.45, 2.75) is 76.3 Å². The normalized spacial score (nSPS) is 20.1. The van der Waals surface area contributed by atoms with Crippen LogP contribution in [0.3, 0.4) is 0 Å². The minimum Gasteiger partial charge on any atom is -0.312 e. The molecule has 9 heteroatoms. The number of nitrogens with zero attached hydrogens (tertiary/aromatic N) is 3. The second-order valence-corrected chi connectivity index (χ2v) is 11.9. The van der Waals surface area contributed by atoms with E-state index in [1.807, 2.05) is 19.9 Å². The summed E-state index contributed by atoms with van der Waals surface area (Å²) in [4.78, 5) is 16.1. The van der Waals surface area contributed by atoms with E-state index in [0.717, 1.165) is 6.07 Å². The molecule has 2 heterocycles. The largest absolute Gasteiger partial charge is 0.312 e. The lowest BCUT2D eigenvalue weighted by atomic mass is 9.75. The molecule has 1 aliphatic rings. The van der Waals surface area contributed by atoms with Crippen molar-refractivity contribution >= 4 is 10.0 Å². The summed E-state index contributed by atoms with van der Waals surface area (Å²) in [5.74, 6) is -1.27. The smallest absolute Gasteiger partial charge is 0.269 e. The van der Waals surface area contributed by atoms with Gasteiger partial charge in [0.1, 0.15) is 16.9 Å². The molecule has 0 radical (unpaired) electrons. The molecule has 0 spiro atoms. The number of rotatable bonds is 8. The zero-order valence-corrected chi connectivity index (χ0v) is 22.2. The lowest BCUT2D eigenvalue weighted by Gasteiger charge is -2.38. The highest BCUT2D eigenvalue weighted by atomic mass is 32.2. The third kappa shape index (κ3) is 5.25. The Balaban J connectivity index is 1.68. The molecule has 37 heavy (non-hydrogen) atoms. The maximum absolute atomic E-state index is 15.7. The Kier molecular flexibility index (Phi) is 7.94. The van der Waals surface area contributed by atoms with E-state index in [4.69, 9.17) is 0 Å². The Hall–Kier alpha value is -2.91. The number of hydrogen-bond acceptors (Lipinski definition) is 4. The second kappa shape index (κ2) is 10.8. The number of benzene rings is 2. The molecule has 2 atom stereocenters. The van der Waals surface area contributed by atoms with Gasteiger partial charge in [-0.1, -0.05) is 44.2 Å². The summed E-state index contributed by atoms with van der Waals surface area (Å²) in [5, 5.41) is -0.719. The molecule has 0 saturated carbocycles. The van der Waals surface area contributed by atoms with Gasteiger partial charge in [0.2, 0.25) is 10.0 Å². The predicted molar refractivity (Wildman–Crippen MR) is 139 cm³/mol. The maximum atomic E-state index is 15.7. The number of halogens is 2. The summed E-state index contributed by atoms with van der Waals surface area (Å²) >= 11 is 0.